The van der Waals surface area contributed by atoms with E-state index in [1.165, 1.54) is 51.4 Å². The van der Waals surface area contributed by atoms with E-state index in [-0.39, 0.29) is 25.7 Å². The van der Waals surface area contributed by atoms with E-state index in [1.807, 2.05) is 30.4 Å². The number of unbranched alkanes of at least 4 members (excludes halogenated alkanes) is 18. The Morgan fingerprint density at radius 1 is 0.279 bits per heavy atom. The van der Waals surface area contributed by atoms with Crippen LogP contribution >= 0.6 is 15.6 Å². The van der Waals surface area contributed by atoms with Gasteiger partial charge in [-0.2, -0.15) is 0 Å². The predicted octanol–water partition coefficient (Wildman–Crippen LogP) is 23.0. The molecule has 0 aliphatic carbocycles. The maximum atomic E-state index is 13.1. The third-order valence-corrected chi connectivity index (χ3v) is 17.6. The standard InChI is InChI=1S/C85H138O17P2/c1-5-9-13-17-21-25-29-33-36-38-39-41-44-47-50-54-58-62-66-70-83(88)96-76-81(102-85(90)72-68-64-60-56-52-48-42-35-31-27-23-19-15-11-7-3)78-100-104(93,94)98-74-79(86)73-97-103(91,92)99-77-80(101-84(89)71-67-63-59-55-51-45-32-28-24-20-16-12-8-4)75-95-82(87)69-65-61-57-53-49-46-43-40-37-34-30-26-22-18-14-10-6-2/h9-11,13-15,21-23,25-27,33-37,39,41-43,46-47,50,53,57-58,62,79-81,86H,5-8,12,16-20,24,28-32,38,40,44-45,48-49,51-52,54-56,59-61,63-78H2,1-4H3,(H,91,92)(H,93,94)/b13-9-,14-10-,15-11-,25-21-,26-22-,27-23-,36-33-,37-34-,41-39-,42-35-,46-43-,50-47-,57-53-,62-58-. The summed E-state index contributed by atoms with van der Waals surface area (Å²) >= 11 is 0. The summed E-state index contributed by atoms with van der Waals surface area (Å²) in [6.45, 7) is 4.35. The molecule has 590 valence electrons. The van der Waals surface area contributed by atoms with E-state index in [4.69, 9.17) is 37.0 Å². The summed E-state index contributed by atoms with van der Waals surface area (Å²) in [5, 5.41) is 10.6. The second-order valence-corrected chi connectivity index (χ2v) is 28.4. The molecule has 0 heterocycles. The van der Waals surface area contributed by atoms with Crippen molar-refractivity contribution in [3.05, 3.63) is 170 Å². The van der Waals surface area contributed by atoms with Crippen LogP contribution in [0.1, 0.15) is 285 Å². The van der Waals surface area contributed by atoms with Crippen molar-refractivity contribution in [1.29, 1.82) is 0 Å². The first-order chi connectivity index (χ1) is 50.7. The number of ether oxygens (including phenoxy) is 4. The van der Waals surface area contributed by atoms with Gasteiger partial charge < -0.3 is 33.8 Å². The van der Waals surface area contributed by atoms with Crippen LogP contribution in [0.2, 0.25) is 0 Å². The molecule has 19 heteroatoms. The number of hydrogen-bond acceptors (Lipinski definition) is 15. The van der Waals surface area contributed by atoms with Crippen LogP contribution in [0.3, 0.4) is 0 Å². The minimum atomic E-state index is -5.01. The van der Waals surface area contributed by atoms with E-state index in [2.05, 4.69) is 167 Å². The van der Waals surface area contributed by atoms with Crippen LogP contribution in [0.25, 0.3) is 0 Å². The summed E-state index contributed by atoms with van der Waals surface area (Å²) in [6.07, 6.45) is 89.3. The van der Waals surface area contributed by atoms with Crippen LogP contribution in [0, 0.1) is 0 Å². The van der Waals surface area contributed by atoms with Crippen molar-refractivity contribution in [3.63, 3.8) is 0 Å². The smallest absolute Gasteiger partial charge is 0.462 e. The minimum absolute atomic E-state index is 0.0256. The maximum absolute atomic E-state index is 13.1. The molecule has 0 rings (SSSR count). The van der Waals surface area contributed by atoms with E-state index in [0.717, 1.165) is 141 Å². The number of rotatable bonds is 72. The molecule has 0 saturated heterocycles. The Morgan fingerprint density at radius 3 is 0.856 bits per heavy atom. The average Bonchev–Trinajstić information content (AvgIpc) is 0.911. The van der Waals surface area contributed by atoms with Crippen molar-refractivity contribution in [2.75, 3.05) is 39.6 Å². The minimum Gasteiger partial charge on any atom is -0.462 e. The lowest BCUT2D eigenvalue weighted by Gasteiger charge is -2.21. The van der Waals surface area contributed by atoms with Crippen LogP contribution in [-0.2, 0) is 65.4 Å². The molecule has 0 saturated carbocycles. The van der Waals surface area contributed by atoms with Crippen LogP contribution in [0.4, 0.5) is 0 Å². The van der Waals surface area contributed by atoms with Crippen LogP contribution in [-0.4, -0.2) is 96.7 Å². The number of hydrogen-bond donors (Lipinski definition) is 3. The molecule has 0 radical (unpaired) electrons. The zero-order valence-electron chi connectivity index (χ0n) is 64.4. The zero-order chi connectivity index (χ0) is 76.0. The van der Waals surface area contributed by atoms with Crippen molar-refractivity contribution < 1.29 is 80.2 Å². The van der Waals surface area contributed by atoms with Gasteiger partial charge in [0, 0.05) is 25.7 Å². The van der Waals surface area contributed by atoms with Gasteiger partial charge in [0.2, 0.25) is 0 Å². The van der Waals surface area contributed by atoms with Gasteiger partial charge in [-0.1, -0.05) is 294 Å². The Labute approximate surface area is 629 Å². The topological polar surface area (TPSA) is 237 Å². The quantitative estimate of drug-likeness (QED) is 0.0169. The molecule has 5 atom stereocenters. The van der Waals surface area contributed by atoms with E-state index in [1.54, 1.807) is 0 Å². The third kappa shape index (κ3) is 74.7. The number of phosphoric acid groups is 2. The lowest BCUT2D eigenvalue weighted by molar-refractivity contribution is -0.161. The van der Waals surface area contributed by atoms with Gasteiger partial charge in [-0.3, -0.25) is 37.3 Å². The first-order valence-corrected chi connectivity index (χ1v) is 42.4. The second kappa shape index (κ2) is 75.6. The Kier molecular flexibility index (Phi) is 71.6. The van der Waals surface area contributed by atoms with Gasteiger partial charge in [-0.05, 0) is 135 Å². The lowest BCUT2D eigenvalue weighted by Crippen LogP contribution is -2.30. The number of aliphatic hydroxyl groups is 1. The molecule has 0 aromatic rings. The molecule has 0 aromatic heterocycles. The summed E-state index contributed by atoms with van der Waals surface area (Å²) in [5.41, 5.74) is 0. The van der Waals surface area contributed by atoms with Crippen molar-refractivity contribution in [1.82, 2.24) is 0 Å². The largest absolute Gasteiger partial charge is 0.472 e. The highest BCUT2D eigenvalue weighted by Crippen LogP contribution is 2.45. The zero-order valence-corrected chi connectivity index (χ0v) is 66.2. The van der Waals surface area contributed by atoms with Gasteiger partial charge in [0.05, 0.1) is 26.4 Å². The first-order valence-electron chi connectivity index (χ1n) is 39.4. The number of carbonyl (C=O) groups excluding carboxylic acids is 4. The SMILES string of the molecule is CC/C=C\C/C=C\C/C=C\C/C=C\C/C=C\C/C=C\CCC(=O)OCC(COP(=O)(O)OCC(O)COP(=O)(O)OCC(COC(=O)CCC/C=C\C/C=C\C/C=C\C/C=C\C/C=C\CC)OC(=O)CCCCCCCCCCCCCCC)OC(=O)CCCCCCC/C=C\C/C=C\C/C=C\CC. The monoisotopic (exact) mass is 1490 g/mol. The van der Waals surface area contributed by atoms with Gasteiger partial charge in [-0.25, -0.2) is 9.13 Å². The van der Waals surface area contributed by atoms with Crippen LogP contribution < -0.4 is 0 Å². The third-order valence-electron chi connectivity index (χ3n) is 15.7. The molecule has 0 spiro atoms. The highest BCUT2D eigenvalue weighted by molar-refractivity contribution is 7.47. The fraction of sp³-hybridized carbons (Fsp3) is 0.624. The molecular weight excluding hydrogens is 1350 g/mol. The molecule has 0 fully saturated rings. The lowest BCUT2D eigenvalue weighted by atomic mass is 10.0. The van der Waals surface area contributed by atoms with Gasteiger partial charge in [0.25, 0.3) is 0 Å². The summed E-state index contributed by atoms with van der Waals surface area (Å²) in [6, 6.07) is 0. The molecule has 0 aliphatic rings. The second-order valence-electron chi connectivity index (χ2n) is 25.5. The first kappa shape index (κ1) is 98.4. The highest BCUT2D eigenvalue weighted by Gasteiger charge is 2.30. The number of esters is 4. The summed E-state index contributed by atoms with van der Waals surface area (Å²) in [4.78, 5) is 72.9. The summed E-state index contributed by atoms with van der Waals surface area (Å²) in [7, 11) is -10.0. The summed E-state index contributed by atoms with van der Waals surface area (Å²) in [5.74, 6) is -2.37. The fourth-order valence-electron chi connectivity index (χ4n) is 9.82. The Balaban J connectivity index is 5.48. The van der Waals surface area contributed by atoms with E-state index in [0.29, 0.717) is 38.5 Å². The van der Waals surface area contributed by atoms with E-state index >= 15 is 0 Å². The van der Waals surface area contributed by atoms with Crippen molar-refractivity contribution in [2.24, 2.45) is 0 Å². The normalized spacial score (nSPS) is 14.8. The van der Waals surface area contributed by atoms with E-state index < -0.39 is 97.5 Å². The van der Waals surface area contributed by atoms with E-state index in [9.17, 15) is 43.2 Å². The molecule has 17 nitrogen and oxygen atoms in total. The molecule has 0 bridgehead atoms. The average molecular weight is 1490 g/mol. The van der Waals surface area contributed by atoms with Gasteiger partial charge in [0.1, 0.15) is 19.3 Å². The Hall–Kier alpha value is -5.58. The molecule has 0 amide bonds. The Bertz CT molecular complexity index is 2640. The van der Waals surface area contributed by atoms with Crippen molar-refractivity contribution >= 4 is 39.5 Å². The number of aliphatic hydroxyl groups excluding tert-OH is 1. The van der Waals surface area contributed by atoms with Gasteiger partial charge in [0.15, 0.2) is 12.2 Å². The Morgan fingerprint density at radius 2 is 0.529 bits per heavy atom. The molecule has 104 heavy (non-hydrogen) atoms. The number of phosphoric ester groups is 2. The van der Waals surface area contributed by atoms with Crippen molar-refractivity contribution in [2.45, 2.75) is 303 Å². The maximum Gasteiger partial charge on any atom is 0.472 e. The highest BCUT2D eigenvalue weighted by atomic mass is 31.2. The van der Waals surface area contributed by atoms with Gasteiger partial charge >= 0.3 is 39.5 Å². The summed E-state index contributed by atoms with van der Waals surface area (Å²) < 4.78 is 68.4. The predicted molar refractivity (Wildman–Crippen MR) is 426 cm³/mol. The molecule has 3 N–H and O–H groups in total. The van der Waals surface area contributed by atoms with Crippen LogP contribution in [0.15, 0.2) is 170 Å². The van der Waals surface area contributed by atoms with Crippen molar-refractivity contribution in [3.8, 4) is 0 Å². The molecular formula is C85H138O17P2. The fourth-order valence-corrected chi connectivity index (χ4v) is 11.4. The molecule has 0 aromatic carbocycles. The molecule has 0 aliphatic heterocycles. The number of carbonyl (C=O) groups is 4. The van der Waals surface area contributed by atoms with Crippen LogP contribution in [0.5, 0.6) is 0 Å². The molecule has 5 unspecified atom stereocenters. The number of allylic oxidation sites excluding steroid dienone is 28. The van der Waals surface area contributed by atoms with Gasteiger partial charge in [-0.15, -0.1) is 0 Å².